The number of sulfone groups is 1. The Bertz CT molecular complexity index is 1120. The van der Waals surface area contributed by atoms with Crippen LogP contribution in [0.5, 0.6) is 0 Å². The quantitative estimate of drug-likeness (QED) is 0.601. The zero-order chi connectivity index (χ0) is 20.9. The van der Waals surface area contributed by atoms with Crippen LogP contribution in [0.25, 0.3) is 6.08 Å². The van der Waals surface area contributed by atoms with Gasteiger partial charge in [0.05, 0.1) is 10.6 Å². The molecule has 0 aromatic heterocycles. The fourth-order valence-electron chi connectivity index (χ4n) is 2.64. The number of halogens is 2. The highest BCUT2D eigenvalue weighted by Gasteiger charge is 2.15. The van der Waals surface area contributed by atoms with Crippen molar-refractivity contribution >= 4 is 27.5 Å². The second-order valence-electron chi connectivity index (χ2n) is 6.23. The van der Waals surface area contributed by atoms with Gasteiger partial charge in [-0.05, 0) is 48.0 Å². The molecule has 0 radical (unpaired) electrons. The van der Waals surface area contributed by atoms with E-state index >= 15 is 0 Å². The third kappa shape index (κ3) is 5.36. The highest BCUT2D eigenvalue weighted by atomic mass is 32.2. The largest absolute Gasteiger partial charge is 0.323 e. The average molecular weight is 413 g/mol. The van der Waals surface area contributed by atoms with Crippen LogP contribution in [0.3, 0.4) is 0 Å². The van der Waals surface area contributed by atoms with Crippen molar-refractivity contribution in [2.24, 2.45) is 0 Å². The molecule has 0 unspecified atom stereocenters. The van der Waals surface area contributed by atoms with Gasteiger partial charge in [-0.1, -0.05) is 36.4 Å². The predicted octanol–water partition coefficient (Wildman–Crippen LogP) is 4.59. The number of anilines is 1. The summed E-state index contributed by atoms with van der Waals surface area (Å²) in [6, 6.07) is 17.9. The molecule has 0 aliphatic rings. The van der Waals surface area contributed by atoms with Crippen LogP contribution in [-0.2, 0) is 20.4 Å². The summed E-state index contributed by atoms with van der Waals surface area (Å²) >= 11 is 0. The molecule has 0 aliphatic heterocycles. The lowest BCUT2D eigenvalue weighted by atomic mass is 10.2. The Kier molecular flexibility index (Phi) is 6.19. The normalized spacial score (nSPS) is 11.5. The first-order valence-corrected chi connectivity index (χ1v) is 10.3. The van der Waals surface area contributed by atoms with Crippen LogP contribution in [-0.4, -0.2) is 14.3 Å². The van der Waals surface area contributed by atoms with Crippen LogP contribution in [0.1, 0.15) is 11.1 Å². The number of carbonyl (C=O) groups is 1. The molecule has 1 N–H and O–H groups in total. The van der Waals surface area contributed by atoms with Gasteiger partial charge in [0, 0.05) is 17.3 Å². The highest BCUT2D eigenvalue weighted by Crippen LogP contribution is 2.19. The van der Waals surface area contributed by atoms with E-state index in [2.05, 4.69) is 5.32 Å². The van der Waals surface area contributed by atoms with Crippen molar-refractivity contribution in [1.82, 2.24) is 0 Å². The Morgan fingerprint density at radius 1 is 0.862 bits per heavy atom. The fraction of sp³-hybridized carbons (Fsp3) is 0.0455. The summed E-state index contributed by atoms with van der Waals surface area (Å²) in [7, 11) is -3.52. The van der Waals surface area contributed by atoms with E-state index in [4.69, 9.17) is 0 Å². The van der Waals surface area contributed by atoms with Gasteiger partial charge < -0.3 is 5.32 Å². The van der Waals surface area contributed by atoms with Gasteiger partial charge in [0.1, 0.15) is 11.6 Å². The zero-order valence-corrected chi connectivity index (χ0v) is 16.0. The second-order valence-corrected chi connectivity index (χ2v) is 8.22. The summed E-state index contributed by atoms with van der Waals surface area (Å²) in [6.07, 6.45) is 2.04. The average Bonchev–Trinajstić information content (AvgIpc) is 2.68. The molecule has 3 aromatic rings. The van der Waals surface area contributed by atoms with E-state index in [1.807, 2.05) is 6.07 Å². The minimum Gasteiger partial charge on any atom is -0.323 e. The van der Waals surface area contributed by atoms with Crippen LogP contribution < -0.4 is 5.32 Å². The molecule has 0 spiro atoms. The van der Waals surface area contributed by atoms with Crippen LogP contribution in [0.4, 0.5) is 14.5 Å². The van der Waals surface area contributed by atoms with Crippen molar-refractivity contribution < 1.29 is 22.0 Å². The van der Waals surface area contributed by atoms with E-state index in [-0.39, 0.29) is 16.2 Å². The zero-order valence-electron chi connectivity index (χ0n) is 15.2. The summed E-state index contributed by atoms with van der Waals surface area (Å²) < 4.78 is 52.1. The fourth-order valence-corrected chi connectivity index (χ4v) is 3.98. The van der Waals surface area contributed by atoms with E-state index in [0.29, 0.717) is 11.3 Å². The first kappa shape index (κ1) is 20.4. The van der Waals surface area contributed by atoms with Crippen molar-refractivity contribution in [3.8, 4) is 0 Å². The molecule has 0 bridgehead atoms. The number of rotatable bonds is 6. The Morgan fingerprint density at radius 2 is 1.48 bits per heavy atom. The number of nitrogens with one attached hydrogen (secondary N) is 1. The van der Waals surface area contributed by atoms with Gasteiger partial charge >= 0.3 is 0 Å². The van der Waals surface area contributed by atoms with Crippen molar-refractivity contribution in [3.05, 3.63) is 102 Å². The Hall–Kier alpha value is -3.32. The van der Waals surface area contributed by atoms with Crippen LogP contribution >= 0.6 is 0 Å². The maximum Gasteiger partial charge on any atom is 0.248 e. The summed E-state index contributed by atoms with van der Waals surface area (Å²) in [5, 5.41) is 2.51. The van der Waals surface area contributed by atoms with Crippen molar-refractivity contribution in [3.63, 3.8) is 0 Å². The Balaban J connectivity index is 1.67. The lowest BCUT2D eigenvalue weighted by Gasteiger charge is -2.07. The van der Waals surface area contributed by atoms with E-state index in [0.717, 1.165) is 24.3 Å². The van der Waals surface area contributed by atoms with Gasteiger partial charge in [0.25, 0.3) is 0 Å². The SMILES string of the molecule is O=C(/C=C/c1c(F)cccc1F)Nc1ccc(S(=O)(=O)Cc2ccccc2)cc1. The van der Waals surface area contributed by atoms with E-state index in [9.17, 15) is 22.0 Å². The molecule has 0 saturated heterocycles. The van der Waals surface area contributed by atoms with Crippen LogP contribution in [0.2, 0.25) is 0 Å². The predicted molar refractivity (Wildman–Crippen MR) is 108 cm³/mol. The third-order valence-corrected chi connectivity index (χ3v) is 5.79. The Morgan fingerprint density at radius 3 is 2.10 bits per heavy atom. The number of hydrogen-bond donors (Lipinski definition) is 1. The molecule has 0 aliphatic carbocycles. The van der Waals surface area contributed by atoms with Gasteiger partial charge in [-0.25, -0.2) is 17.2 Å². The minimum atomic E-state index is -3.52. The van der Waals surface area contributed by atoms with E-state index < -0.39 is 27.4 Å². The number of amides is 1. The van der Waals surface area contributed by atoms with Gasteiger partial charge in [-0.15, -0.1) is 0 Å². The maximum atomic E-state index is 13.6. The van der Waals surface area contributed by atoms with Gasteiger partial charge in [0.2, 0.25) is 5.91 Å². The van der Waals surface area contributed by atoms with Crippen molar-refractivity contribution in [2.45, 2.75) is 10.6 Å². The summed E-state index contributed by atoms with van der Waals surface area (Å²) in [5.74, 6) is -2.28. The summed E-state index contributed by atoms with van der Waals surface area (Å²) in [5.41, 5.74) is 0.715. The molecule has 3 aromatic carbocycles. The third-order valence-electron chi connectivity index (χ3n) is 4.08. The molecule has 4 nitrogen and oxygen atoms in total. The van der Waals surface area contributed by atoms with E-state index in [1.165, 1.54) is 30.3 Å². The topological polar surface area (TPSA) is 63.2 Å². The first-order valence-electron chi connectivity index (χ1n) is 8.65. The van der Waals surface area contributed by atoms with E-state index in [1.54, 1.807) is 24.3 Å². The van der Waals surface area contributed by atoms with Crippen molar-refractivity contribution in [2.75, 3.05) is 5.32 Å². The van der Waals surface area contributed by atoms with Gasteiger partial charge in [0.15, 0.2) is 9.84 Å². The molecule has 0 atom stereocenters. The second kappa shape index (κ2) is 8.79. The molecule has 7 heteroatoms. The molecule has 3 rings (SSSR count). The first-order chi connectivity index (χ1) is 13.8. The number of carbonyl (C=O) groups excluding carboxylic acids is 1. The minimum absolute atomic E-state index is 0.128. The molecule has 1 amide bonds. The van der Waals surface area contributed by atoms with Gasteiger partial charge in [-0.3, -0.25) is 4.79 Å². The molecule has 148 valence electrons. The lowest BCUT2D eigenvalue weighted by molar-refractivity contribution is -0.111. The molecule has 0 heterocycles. The summed E-state index contributed by atoms with van der Waals surface area (Å²) in [6.45, 7) is 0. The molecule has 0 saturated carbocycles. The monoisotopic (exact) mass is 413 g/mol. The lowest BCUT2D eigenvalue weighted by Crippen LogP contribution is -2.09. The maximum absolute atomic E-state index is 13.6. The number of hydrogen-bond acceptors (Lipinski definition) is 3. The molecular formula is C22H17F2NO3S. The molecule has 0 fully saturated rings. The number of benzene rings is 3. The molecule has 29 heavy (non-hydrogen) atoms. The standard InChI is InChI=1S/C22H17F2NO3S/c23-20-7-4-8-21(24)19(20)13-14-22(26)25-17-9-11-18(12-10-17)29(27,28)15-16-5-2-1-3-6-16/h1-14H,15H2,(H,25,26)/b14-13+. The summed E-state index contributed by atoms with van der Waals surface area (Å²) in [4.78, 5) is 12.1. The van der Waals surface area contributed by atoms with Crippen LogP contribution in [0.15, 0.2) is 83.8 Å². The smallest absolute Gasteiger partial charge is 0.248 e. The molecular weight excluding hydrogens is 396 g/mol. The van der Waals surface area contributed by atoms with Crippen LogP contribution in [0, 0.1) is 11.6 Å². The van der Waals surface area contributed by atoms with Crippen molar-refractivity contribution in [1.29, 1.82) is 0 Å². The van der Waals surface area contributed by atoms with Gasteiger partial charge in [-0.2, -0.15) is 0 Å². The highest BCUT2D eigenvalue weighted by molar-refractivity contribution is 7.90. The Labute approximate surface area is 167 Å².